The molecule has 2 N–H and O–H groups in total. The van der Waals surface area contributed by atoms with E-state index in [1.54, 1.807) is 31.4 Å². The molecule has 0 bridgehead atoms. The van der Waals surface area contributed by atoms with Gasteiger partial charge in [0.15, 0.2) is 5.76 Å². The molecule has 7 nitrogen and oxygen atoms in total. The Morgan fingerprint density at radius 1 is 1.03 bits per heavy atom. The maximum Gasteiger partial charge on any atom is 0.291 e. The Kier molecular flexibility index (Phi) is 6.07. The topological polar surface area (TPSA) is 92.9 Å². The van der Waals surface area contributed by atoms with Crippen LogP contribution >= 0.6 is 0 Å². The lowest BCUT2D eigenvalue weighted by Gasteiger charge is -2.13. The van der Waals surface area contributed by atoms with E-state index in [-0.39, 0.29) is 17.6 Å². The molecule has 0 saturated heterocycles. The fourth-order valence-electron chi connectivity index (χ4n) is 3.87. The van der Waals surface area contributed by atoms with Crippen molar-refractivity contribution < 1.29 is 18.7 Å². The number of rotatable bonds is 5. The van der Waals surface area contributed by atoms with Crippen LogP contribution in [0.2, 0.25) is 0 Å². The minimum absolute atomic E-state index is 0.238. The van der Waals surface area contributed by atoms with Crippen molar-refractivity contribution in [3.05, 3.63) is 82.3 Å². The fraction of sp³-hybridized carbons (Fsp3) is 0.240. The van der Waals surface area contributed by atoms with Crippen molar-refractivity contribution in [1.82, 2.24) is 5.43 Å². The zero-order valence-corrected chi connectivity index (χ0v) is 18.3. The van der Waals surface area contributed by atoms with Crippen LogP contribution in [0.15, 0.2) is 58.0 Å². The van der Waals surface area contributed by atoms with E-state index in [0.717, 1.165) is 17.5 Å². The van der Waals surface area contributed by atoms with Gasteiger partial charge >= 0.3 is 0 Å². The molecular weight excluding hydrogens is 406 g/mol. The minimum Gasteiger partial charge on any atom is -0.495 e. The third-order valence-electron chi connectivity index (χ3n) is 5.46. The van der Waals surface area contributed by atoms with Crippen LogP contribution in [0.3, 0.4) is 0 Å². The number of methoxy groups -OCH3 is 1. The third kappa shape index (κ3) is 4.27. The van der Waals surface area contributed by atoms with Gasteiger partial charge in [0.25, 0.3) is 11.8 Å². The lowest BCUT2D eigenvalue weighted by atomic mass is 9.93. The number of hydrazone groups is 1. The van der Waals surface area contributed by atoms with E-state index in [9.17, 15) is 9.59 Å². The Morgan fingerprint density at radius 3 is 2.56 bits per heavy atom. The van der Waals surface area contributed by atoms with Crippen LogP contribution in [-0.2, 0) is 6.42 Å². The second-order valence-electron chi connectivity index (χ2n) is 7.73. The fourth-order valence-corrected chi connectivity index (χ4v) is 3.87. The van der Waals surface area contributed by atoms with Gasteiger partial charge in [-0.3, -0.25) is 9.59 Å². The van der Waals surface area contributed by atoms with Gasteiger partial charge in [-0.25, -0.2) is 5.43 Å². The third-order valence-corrected chi connectivity index (χ3v) is 5.46. The molecule has 1 aliphatic rings. The molecule has 0 radical (unpaired) electrons. The molecule has 2 amide bonds. The number of fused-ring (bicyclic) bond motifs is 1. The van der Waals surface area contributed by atoms with Crippen LogP contribution in [0, 0.1) is 13.8 Å². The van der Waals surface area contributed by atoms with E-state index in [2.05, 4.69) is 15.8 Å². The minimum atomic E-state index is -0.353. The number of amides is 2. The van der Waals surface area contributed by atoms with Crippen molar-refractivity contribution in [2.24, 2.45) is 5.10 Å². The largest absolute Gasteiger partial charge is 0.495 e. The highest BCUT2D eigenvalue weighted by Gasteiger charge is 2.28. The van der Waals surface area contributed by atoms with Crippen LogP contribution in [-0.4, -0.2) is 24.6 Å². The van der Waals surface area contributed by atoms with Gasteiger partial charge in [-0.05, 0) is 56.5 Å². The van der Waals surface area contributed by atoms with Crippen molar-refractivity contribution in [2.75, 3.05) is 12.4 Å². The van der Waals surface area contributed by atoms with Crippen LogP contribution < -0.4 is 15.5 Å². The standard InChI is InChI=1S/C25H25N3O4/c1-15-12-13-20(31-3)19(14-15)26-25(30)23-16(2)22-18(10-7-11-21(22)32-23)27-28-24(29)17-8-5-4-6-9-17/h4-6,8-9,12-14H,7,10-11H2,1-3H3,(H,26,30)(H,28,29)/b27-18+. The van der Waals surface area contributed by atoms with E-state index in [1.165, 1.54) is 0 Å². The van der Waals surface area contributed by atoms with Gasteiger partial charge in [-0.1, -0.05) is 24.3 Å². The SMILES string of the molecule is COc1ccc(C)cc1NC(=O)c1oc2c(c1C)/C(=N/NC(=O)c1ccccc1)CCC2. The zero-order valence-electron chi connectivity index (χ0n) is 18.3. The first-order valence-corrected chi connectivity index (χ1v) is 10.5. The number of aryl methyl sites for hydroxylation is 2. The molecule has 0 unspecified atom stereocenters. The molecule has 164 valence electrons. The summed E-state index contributed by atoms with van der Waals surface area (Å²) in [5, 5.41) is 7.25. The molecule has 3 aromatic rings. The molecule has 0 aliphatic heterocycles. The van der Waals surface area contributed by atoms with Gasteiger partial charge in [-0.2, -0.15) is 5.10 Å². The number of nitrogens with zero attached hydrogens (tertiary/aromatic N) is 1. The van der Waals surface area contributed by atoms with Crippen molar-refractivity contribution in [3.8, 4) is 5.75 Å². The maximum atomic E-state index is 13.0. The summed E-state index contributed by atoms with van der Waals surface area (Å²) >= 11 is 0. The van der Waals surface area contributed by atoms with Crippen LogP contribution in [0.4, 0.5) is 5.69 Å². The highest BCUT2D eigenvalue weighted by atomic mass is 16.5. The molecule has 0 atom stereocenters. The number of carbonyl (C=O) groups excluding carboxylic acids is 2. The number of anilines is 1. The number of nitrogens with one attached hydrogen (secondary N) is 2. The highest BCUT2D eigenvalue weighted by molar-refractivity contribution is 6.10. The first kappa shape index (κ1) is 21.4. The molecule has 0 saturated carbocycles. The molecule has 1 aromatic heterocycles. The van der Waals surface area contributed by atoms with Crippen molar-refractivity contribution in [3.63, 3.8) is 0 Å². The summed E-state index contributed by atoms with van der Waals surface area (Å²) in [5.74, 6) is 0.888. The molecule has 7 heteroatoms. The molecule has 1 aliphatic carbocycles. The van der Waals surface area contributed by atoms with Crippen molar-refractivity contribution in [1.29, 1.82) is 0 Å². The maximum absolute atomic E-state index is 13.0. The lowest BCUT2D eigenvalue weighted by molar-refractivity contribution is 0.0953. The number of hydrogen-bond acceptors (Lipinski definition) is 5. The normalized spacial score (nSPS) is 14.0. The Labute approximate surface area is 186 Å². The van der Waals surface area contributed by atoms with Crippen molar-refractivity contribution >= 4 is 23.2 Å². The van der Waals surface area contributed by atoms with E-state index in [4.69, 9.17) is 9.15 Å². The van der Waals surface area contributed by atoms with E-state index < -0.39 is 0 Å². The number of benzene rings is 2. The molecule has 0 spiro atoms. The van der Waals surface area contributed by atoms with Gasteiger partial charge in [0.2, 0.25) is 0 Å². The van der Waals surface area contributed by atoms with E-state index >= 15 is 0 Å². The zero-order chi connectivity index (χ0) is 22.7. The Balaban J connectivity index is 1.59. The summed E-state index contributed by atoms with van der Waals surface area (Å²) in [6.07, 6.45) is 2.23. The van der Waals surface area contributed by atoms with Crippen molar-refractivity contribution in [2.45, 2.75) is 33.1 Å². The number of ether oxygens (including phenoxy) is 1. The second-order valence-corrected chi connectivity index (χ2v) is 7.73. The molecule has 4 rings (SSSR count). The summed E-state index contributed by atoms with van der Waals surface area (Å²) in [5.41, 5.74) is 6.95. The van der Waals surface area contributed by atoms with Gasteiger partial charge in [-0.15, -0.1) is 0 Å². The van der Waals surface area contributed by atoms with E-state index in [0.29, 0.717) is 46.9 Å². The predicted molar refractivity (Wildman–Crippen MR) is 123 cm³/mol. The van der Waals surface area contributed by atoms with E-state index in [1.807, 2.05) is 38.1 Å². The highest BCUT2D eigenvalue weighted by Crippen LogP contribution is 2.31. The number of hydrogen-bond donors (Lipinski definition) is 2. The Hall–Kier alpha value is -3.87. The quantitative estimate of drug-likeness (QED) is 0.576. The summed E-state index contributed by atoms with van der Waals surface area (Å²) in [6, 6.07) is 14.5. The summed E-state index contributed by atoms with van der Waals surface area (Å²) in [4.78, 5) is 25.4. The smallest absolute Gasteiger partial charge is 0.291 e. The van der Waals surface area contributed by atoms with Crippen LogP contribution in [0.5, 0.6) is 5.75 Å². The average Bonchev–Trinajstić information content (AvgIpc) is 3.15. The number of furan rings is 1. The molecule has 1 heterocycles. The molecule has 0 fully saturated rings. The molecule has 32 heavy (non-hydrogen) atoms. The predicted octanol–water partition coefficient (Wildman–Crippen LogP) is 4.63. The summed E-state index contributed by atoms with van der Waals surface area (Å²) in [6.45, 7) is 3.78. The van der Waals surface area contributed by atoms with Gasteiger partial charge < -0.3 is 14.5 Å². The summed E-state index contributed by atoms with van der Waals surface area (Å²) in [7, 11) is 1.56. The van der Waals surface area contributed by atoms with Crippen LogP contribution in [0.1, 0.15) is 56.2 Å². The summed E-state index contributed by atoms with van der Waals surface area (Å²) < 4.78 is 11.3. The lowest BCUT2D eigenvalue weighted by Crippen LogP contribution is -2.22. The van der Waals surface area contributed by atoms with Gasteiger partial charge in [0, 0.05) is 23.1 Å². The first-order valence-electron chi connectivity index (χ1n) is 10.5. The Morgan fingerprint density at radius 2 is 1.81 bits per heavy atom. The second kappa shape index (κ2) is 9.09. The molecule has 2 aromatic carbocycles. The monoisotopic (exact) mass is 431 g/mol. The van der Waals surface area contributed by atoms with Crippen LogP contribution in [0.25, 0.3) is 0 Å². The average molecular weight is 431 g/mol. The first-order chi connectivity index (χ1) is 15.5. The van der Waals surface area contributed by atoms with Gasteiger partial charge in [0.1, 0.15) is 11.5 Å². The van der Waals surface area contributed by atoms with Gasteiger partial charge in [0.05, 0.1) is 18.5 Å². The Bertz CT molecular complexity index is 1200. The molecular formula is C25H25N3O4. The number of carbonyl (C=O) groups is 2.